The molecule has 1 aromatic heterocycles. The highest BCUT2D eigenvalue weighted by molar-refractivity contribution is 5.73. The molecule has 98 valence electrons. The van der Waals surface area contributed by atoms with E-state index in [0.717, 1.165) is 31.9 Å². The van der Waals surface area contributed by atoms with E-state index in [1.807, 2.05) is 19.3 Å². The molecule has 1 atom stereocenters. The van der Waals surface area contributed by atoms with Crippen LogP contribution in [-0.4, -0.2) is 37.1 Å². The zero-order valence-electron chi connectivity index (χ0n) is 10.9. The number of anilines is 1. The van der Waals surface area contributed by atoms with Gasteiger partial charge in [-0.25, -0.2) is 4.98 Å². The van der Waals surface area contributed by atoms with Crippen LogP contribution in [0.15, 0.2) is 18.3 Å². The Morgan fingerprint density at radius 1 is 1.56 bits per heavy atom. The van der Waals surface area contributed by atoms with Crippen molar-refractivity contribution < 1.29 is 4.79 Å². The minimum absolute atomic E-state index is 0.0409. The number of pyridine rings is 1. The van der Waals surface area contributed by atoms with Crippen molar-refractivity contribution in [2.24, 2.45) is 0 Å². The van der Waals surface area contributed by atoms with Crippen molar-refractivity contribution in [3.05, 3.63) is 23.9 Å². The van der Waals surface area contributed by atoms with Crippen molar-refractivity contribution >= 4 is 11.7 Å². The number of hydrogen-bond acceptors (Lipinski definition) is 4. The van der Waals surface area contributed by atoms with Gasteiger partial charge in [-0.2, -0.15) is 0 Å². The summed E-state index contributed by atoms with van der Waals surface area (Å²) < 4.78 is 0. The van der Waals surface area contributed by atoms with Crippen LogP contribution in [0, 0.1) is 0 Å². The number of carbonyl (C=O) groups excluding carboxylic acids is 1. The number of rotatable bonds is 4. The molecular formula is C13H20N4O. The summed E-state index contributed by atoms with van der Waals surface area (Å²) in [5.74, 6) is 1.03. The van der Waals surface area contributed by atoms with Crippen molar-refractivity contribution in [2.75, 3.05) is 25.0 Å². The molecule has 1 aliphatic rings. The molecule has 5 heteroatoms. The Morgan fingerprint density at radius 2 is 2.39 bits per heavy atom. The lowest BCUT2D eigenvalue weighted by molar-refractivity contribution is -0.119. The normalized spacial score (nSPS) is 19.0. The third kappa shape index (κ3) is 3.20. The number of aromatic nitrogens is 1. The predicted octanol–water partition coefficient (Wildman–Crippen LogP) is 0.516. The highest BCUT2D eigenvalue weighted by Gasteiger charge is 2.23. The maximum absolute atomic E-state index is 11.0. The van der Waals surface area contributed by atoms with Gasteiger partial charge in [0.25, 0.3) is 0 Å². The zero-order valence-corrected chi connectivity index (χ0v) is 10.9. The Hall–Kier alpha value is -1.62. The summed E-state index contributed by atoms with van der Waals surface area (Å²) in [5.41, 5.74) is 1.18. The second-order valence-corrected chi connectivity index (χ2v) is 4.69. The van der Waals surface area contributed by atoms with Gasteiger partial charge < -0.3 is 15.5 Å². The summed E-state index contributed by atoms with van der Waals surface area (Å²) in [5, 5.41) is 6.06. The largest absolute Gasteiger partial charge is 0.354 e. The summed E-state index contributed by atoms with van der Waals surface area (Å²) in [7, 11) is 1.92. The predicted molar refractivity (Wildman–Crippen MR) is 71.4 cm³/mol. The van der Waals surface area contributed by atoms with Crippen LogP contribution >= 0.6 is 0 Å². The van der Waals surface area contributed by atoms with Crippen LogP contribution in [0.25, 0.3) is 0 Å². The Morgan fingerprint density at radius 3 is 3.00 bits per heavy atom. The van der Waals surface area contributed by atoms with E-state index in [2.05, 4.69) is 26.6 Å². The van der Waals surface area contributed by atoms with Gasteiger partial charge in [0, 0.05) is 38.8 Å². The number of amides is 1. The van der Waals surface area contributed by atoms with Crippen LogP contribution in [0.5, 0.6) is 0 Å². The van der Waals surface area contributed by atoms with Crippen LogP contribution < -0.4 is 15.5 Å². The van der Waals surface area contributed by atoms with Gasteiger partial charge in [-0.3, -0.25) is 4.79 Å². The Kier molecular flexibility index (Phi) is 4.15. The molecule has 5 nitrogen and oxygen atoms in total. The van der Waals surface area contributed by atoms with E-state index in [1.165, 1.54) is 5.56 Å². The summed E-state index contributed by atoms with van der Waals surface area (Å²) in [6.07, 6.45) is 2.89. The molecule has 0 bridgehead atoms. The lowest BCUT2D eigenvalue weighted by Gasteiger charge is -2.17. The maximum atomic E-state index is 11.0. The second-order valence-electron chi connectivity index (χ2n) is 4.69. The third-order valence-electron chi connectivity index (χ3n) is 3.11. The molecule has 2 heterocycles. The van der Waals surface area contributed by atoms with E-state index in [9.17, 15) is 4.79 Å². The average molecular weight is 248 g/mol. The van der Waals surface area contributed by atoms with E-state index in [-0.39, 0.29) is 11.9 Å². The molecular weight excluding hydrogens is 228 g/mol. The summed E-state index contributed by atoms with van der Waals surface area (Å²) in [6, 6.07) is 4.38. The van der Waals surface area contributed by atoms with Crippen LogP contribution in [0.4, 0.5) is 5.82 Å². The molecule has 2 rings (SSSR count). The highest BCUT2D eigenvalue weighted by atomic mass is 16.1. The molecule has 1 saturated heterocycles. The molecule has 0 spiro atoms. The van der Waals surface area contributed by atoms with Gasteiger partial charge in [0.05, 0.1) is 0 Å². The Labute approximate surface area is 108 Å². The molecule has 0 aromatic carbocycles. The minimum atomic E-state index is 0.0409. The molecule has 0 radical (unpaired) electrons. The van der Waals surface area contributed by atoms with Gasteiger partial charge in [0.2, 0.25) is 5.91 Å². The van der Waals surface area contributed by atoms with Crippen LogP contribution in [0.2, 0.25) is 0 Å². The first-order valence-electron chi connectivity index (χ1n) is 6.30. The number of nitrogens with zero attached hydrogens (tertiary/aromatic N) is 2. The van der Waals surface area contributed by atoms with Crippen molar-refractivity contribution in [3.8, 4) is 0 Å². The fraction of sp³-hybridized carbons (Fsp3) is 0.538. The van der Waals surface area contributed by atoms with Gasteiger partial charge in [0.15, 0.2) is 0 Å². The second kappa shape index (κ2) is 5.82. The van der Waals surface area contributed by atoms with E-state index in [1.54, 1.807) is 6.92 Å². The first-order chi connectivity index (χ1) is 8.69. The fourth-order valence-corrected chi connectivity index (χ4v) is 2.29. The quantitative estimate of drug-likeness (QED) is 0.815. The van der Waals surface area contributed by atoms with Gasteiger partial charge in [0.1, 0.15) is 5.82 Å². The zero-order chi connectivity index (χ0) is 13.0. The maximum Gasteiger partial charge on any atom is 0.217 e. The van der Waals surface area contributed by atoms with Gasteiger partial charge in [-0.1, -0.05) is 6.07 Å². The number of nitrogens with one attached hydrogen (secondary N) is 2. The van der Waals surface area contributed by atoms with Gasteiger partial charge in [-0.15, -0.1) is 0 Å². The monoisotopic (exact) mass is 248 g/mol. The Balaban J connectivity index is 1.94. The van der Waals surface area contributed by atoms with Gasteiger partial charge >= 0.3 is 0 Å². The molecule has 1 aliphatic heterocycles. The molecule has 18 heavy (non-hydrogen) atoms. The molecule has 1 aromatic rings. The third-order valence-corrected chi connectivity index (χ3v) is 3.11. The van der Waals surface area contributed by atoms with Crippen LogP contribution in [0.1, 0.15) is 18.9 Å². The smallest absolute Gasteiger partial charge is 0.217 e. The number of carbonyl (C=O) groups is 1. The average Bonchev–Trinajstić information content (AvgIpc) is 2.78. The minimum Gasteiger partial charge on any atom is -0.354 e. The number of hydrogen-bond donors (Lipinski definition) is 2. The lowest BCUT2D eigenvalue weighted by Crippen LogP contribution is -2.35. The summed E-state index contributed by atoms with van der Waals surface area (Å²) >= 11 is 0. The standard InChI is InChI=1S/C13H20N4O/c1-10(18)16-12-5-6-17(9-12)13-4-3-11(7-14-2)8-15-13/h3-4,8,12,14H,5-7,9H2,1-2H3,(H,16,18). The van der Waals surface area contributed by atoms with Crippen LogP contribution in [0.3, 0.4) is 0 Å². The van der Waals surface area contributed by atoms with E-state index < -0.39 is 0 Å². The van der Waals surface area contributed by atoms with Crippen LogP contribution in [-0.2, 0) is 11.3 Å². The fourth-order valence-electron chi connectivity index (χ4n) is 2.29. The first kappa shape index (κ1) is 12.8. The molecule has 1 amide bonds. The van der Waals surface area contributed by atoms with Crippen molar-refractivity contribution in [2.45, 2.75) is 25.9 Å². The first-order valence-corrected chi connectivity index (χ1v) is 6.30. The van der Waals surface area contributed by atoms with Crippen molar-refractivity contribution in [1.82, 2.24) is 15.6 Å². The molecule has 0 saturated carbocycles. The van der Waals surface area contributed by atoms with E-state index in [4.69, 9.17) is 0 Å². The van der Waals surface area contributed by atoms with Gasteiger partial charge in [-0.05, 0) is 25.1 Å². The molecule has 2 N–H and O–H groups in total. The SMILES string of the molecule is CNCc1ccc(N2CCC(NC(C)=O)C2)nc1. The molecule has 0 aliphatic carbocycles. The Bertz CT molecular complexity index is 404. The van der Waals surface area contributed by atoms with Crippen molar-refractivity contribution in [3.63, 3.8) is 0 Å². The van der Waals surface area contributed by atoms with E-state index in [0.29, 0.717) is 0 Å². The lowest BCUT2D eigenvalue weighted by atomic mass is 10.2. The van der Waals surface area contributed by atoms with Crippen molar-refractivity contribution in [1.29, 1.82) is 0 Å². The van der Waals surface area contributed by atoms with E-state index >= 15 is 0 Å². The summed E-state index contributed by atoms with van der Waals surface area (Å²) in [6.45, 7) is 4.19. The topological polar surface area (TPSA) is 57.3 Å². The molecule has 1 unspecified atom stereocenters. The molecule has 1 fully saturated rings. The summed E-state index contributed by atoms with van der Waals surface area (Å²) in [4.78, 5) is 17.7. The highest BCUT2D eigenvalue weighted by Crippen LogP contribution is 2.18.